The Morgan fingerprint density at radius 1 is 1.03 bits per heavy atom. The number of alkyl halides is 3. The molecule has 3 aliphatic rings. The van der Waals surface area contributed by atoms with Gasteiger partial charge >= 0.3 is 12.1 Å². The lowest BCUT2D eigenvalue weighted by atomic mass is 9.39. The van der Waals surface area contributed by atoms with E-state index in [9.17, 15) is 32.3 Å². The van der Waals surface area contributed by atoms with Gasteiger partial charge in [-0.2, -0.15) is 13.2 Å². The van der Waals surface area contributed by atoms with Gasteiger partial charge in [0.15, 0.2) is 0 Å². The molecule has 4 aromatic rings. The third-order valence-corrected chi connectivity index (χ3v) is 7.51. The highest BCUT2D eigenvalue weighted by molar-refractivity contribution is 6.07. The summed E-state index contributed by atoms with van der Waals surface area (Å²) in [6.45, 7) is 0.0429. The topological polar surface area (TPSA) is 97.1 Å². The molecule has 7 nitrogen and oxygen atoms in total. The summed E-state index contributed by atoms with van der Waals surface area (Å²) < 4.78 is 54.9. The fourth-order valence-corrected chi connectivity index (χ4v) is 5.68. The maximum absolute atomic E-state index is 14.6. The van der Waals surface area contributed by atoms with Crippen LogP contribution in [0.4, 0.5) is 17.6 Å². The van der Waals surface area contributed by atoms with E-state index in [0.717, 1.165) is 12.1 Å². The molecule has 1 amide bonds. The molecule has 1 heterocycles. The Bertz CT molecular complexity index is 1590. The molecule has 0 radical (unpaired) electrons. The third-order valence-electron chi connectivity index (χ3n) is 7.51. The number of nitrogens with one attached hydrogen (secondary N) is 1. The fourth-order valence-electron chi connectivity index (χ4n) is 5.68. The van der Waals surface area contributed by atoms with Crippen LogP contribution in [0.3, 0.4) is 0 Å². The summed E-state index contributed by atoms with van der Waals surface area (Å²) >= 11 is 0. The minimum atomic E-state index is -4.46. The number of carboxylic acids is 1. The van der Waals surface area contributed by atoms with Crippen LogP contribution < -0.4 is 5.32 Å². The van der Waals surface area contributed by atoms with E-state index < -0.39 is 40.4 Å². The Balaban J connectivity index is 1.38. The summed E-state index contributed by atoms with van der Waals surface area (Å²) in [6.07, 6.45) is -3.46. The van der Waals surface area contributed by atoms with Crippen LogP contribution in [0, 0.1) is 11.2 Å². The number of carboxylic acid groups (broad SMARTS) is 1. The number of halogens is 4. The summed E-state index contributed by atoms with van der Waals surface area (Å²) in [4.78, 5) is 25.0. The van der Waals surface area contributed by atoms with Crippen molar-refractivity contribution in [2.75, 3.05) is 0 Å². The zero-order chi connectivity index (χ0) is 26.9. The molecule has 3 aliphatic carbocycles. The molecule has 0 spiro atoms. The number of aliphatic carboxylic acids is 1. The van der Waals surface area contributed by atoms with Crippen LogP contribution in [0.1, 0.15) is 40.7 Å². The quantitative estimate of drug-likeness (QED) is 0.345. The molecule has 0 aliphatic heterocycles. The number of nitrogens with zero attached hydrogens (tertiary/aromatic N) is 3. The Morgan fingerprint density at radius 2 is 1.71 bits per heavy atom. The van der Waals surface area contributed by atoms with Gasteiger partial charge < -0.3 is 10.4 Å². The van der Waals surface area contributed by atoms with Crippen LogP contribution in [0.5, 0.6) is 0 Å². The van der Waals surface area contributed by atoms with E-state index in [0.29, 0.717) is 41.4 Å². The van der Waals surface area contributed by atoms with Gasteiger partial charge in [0, 0.05) is 11.1 Å². The molecule has 0 unspecified atom stereocenters. The van der Waals surface area contributed by atoms with Crippen molar-refractivity contribution in [2.24, 2.45) is 5.41 Å². The molecule has 194 valence electrons. The van der Waals surface area contributed by atoms with Crippen molar-refractivity contribution in [3.05, 3.63) is 83.2 Å². The number of hydrogen-bond acceptors (Lipinski definition) is 4. The normalized spacial score (nSPS) is 22.0. The molecule has 11 heteroatoms. The second-order valence-electron chi connectivity index (χ2n) is 10.2. The SMILES string of the molecule is O=C(NC12CC(C(=O)O)(C1)C2)c1cc(-c2ccccc2F)cc2nnn(Cc3ccc(C(F)(F)F)cc3)c12. The van der Waals surface area contributed by atoms with E-state index in [1.807, 2.05) is 0 Å². The first-order chi connectivity index (χ1) is 18.0. The highest BCUT2D eigenvalue weighted by Crippen LogP contribution is 2.67. The number of rotatable bonds is 6. The number of benzene rings is 3. The molecule has 7 rings (SSSR count). The van der Waals surface area contributed by atoms with Crippen molar-refractivity contribution >= 4 is 22.9 Å². The first kappa shape index (κ1) is 24.1. The summed E-state index contributed by atoms with van der Waals surface area (Å²) in [5.74, 6) is -1.85. The Labute approximate surface area is 213 Å². The lowest BCUT2D eigenvalue weighted by molar-refractivity contribution is -0.196. The number of fused-ring (bicyclic) bond motifs is 1. The lowest BCUT2D eigenvalue weighted by Gasteiger charge is -2.67. The molecule has 2 bridgehead atoms. The van der Waals surface area contributed by atoms with E-state index in [2.05, 4.69) is 15.6 Å². The van der Waals surface area contributed by atoms with Crippen LogP contribution in [-0.2, 0) is 17.5 Å². The highest BCUT2D eigenvalue weighted by Gasteiger charge is 2.72. The van der Waals surface area contributed by atoms with Crippen molar-refractivity contribution in [2.45, 2.75) is 37.5 Å². The standard InChI is InChI=1S/C27H20F4N4O3/c28-20-4-2-1-3-18(20)16-9-19(23(36)32-26-12-25(13-26,14-26)24(37)38)22-21(10-16)33-34-35(22)11-15-5-7-17(8-6-15)27(29,30)31/h1-10H,11-14H2,(H,32,36)(H,37,38). The van der Waals surface area contributed by atoms with Crippen LogP contribution in [0.25, 0.3) is 22.2 Å². The van der Waals surface area contributed by atoms with Crippen LogP contribution >= 0.6 is 0 Å². The van der Waals surface area contributed by atoms with Gasteiger partial charge in [0.05, 0.1) is 23.1 Å². The smallest absolute Gasteiger partial charge is 0.416 e. The van der Waals surface area contributed by atoms with E-state index in [4.69, 9.17) is 0 Å². The van der Waals surface area contributed by atoms with Gasteiger partial charge in [0.25, 0.3) is 5.91 Å². The van der Waals surface area contributed by atoms with Gasteiger partial charge in [0.2, 0.25) is 0 Å². The molecule has 38 heavy (non-hydrogen) atoms. The largest absolute Gasteiger partial charge is 0.481 e. The van der Waals surface area contributed by atoms with Gasteiger partial charge in [-0.05, 0) is 60.7 Å². The number of hydrogen-bond donors (Lipinski definition) is 2. The van der Waals surface area contributed by atoms with Crippen molar-refractivity contribution < 1.29 is 32.3 Å². The molecule has 3 saturated carbocycles. The van der Waals surface area contributed by atoms with Gasteiger partial charge in [-0.3, -0.25) is 9.59 Å². The number of aromatic nitrogens is 3. The van der Waals surface area contributed by atoms with E-state index in [1.54, 1.807) is 24.3 Å². The lowest BCUT2D eigenvalue weighted by Crippen LogP contribution is -2.77. The van der Waals surface area contributed by atoms with Gasteiger partial charge in [0.1, 0.15) is 16.9 Å². The fraction of sp³-hybridized carbons (Fsp3) is 0.259. The average Bonchev–Trinajstić information content (AvgIpc) is 3.22. The monoisotopic (exact) mass is 524 g/mol. The van der Waals surface area contributed by atoms with Crippen molar-refractivity contribution in [1.29, 1.82) is 0 Å². The van der Waals surface area contributed by atoms with Crippen molar-refractivity contribution in [3.63, 3.8) is 0 Å². The summed E-state index contributed by atoms with van der Waals surface area (Å²) in [7, 11) is 0. The number of amides is 1. The second kappa shape index (κ2) is 8.11. The minimum absolute atomic E-state index is 0.0429. The minimum Gasteiger partial charge on any atom is -0.481 e. The zero-order valence-electron chi connectivity index (χ0n) is 19.7. The van der Waals surface area contributed by atoms with Crippen molar-refractivity contribution in [1.82, 2.24) is 20.3 Å². The highest BCUT2D eigenvalue weighted by atomic mass is 19.4. The van der Waals surface area contributed by atoms with Gasteiger partial charge in [-0.25, -0.2) is 9.07 Å². The molecular weight excluding hydrogens is 504 g/mol. The molecule has 0 atom stereocenters. The second-order valence-corrected chi connectivity index (χ2v) is 10.2. The predicted molar refractivity (Wildman–Crippen MR) is 128 cm³/mol. The van der Waals surface area contributed by atoms with Gasteiger partial charge in [-0.15, -0.1) is 5.10 Å². The van der Waals surface area contributed by atoms with E-state index in [1.165, 1.54) is 28.9 Å². The maximum Gasteiger partial charge on any atom is 0.416 e. The predicted octanol–water partition coefficient (Wildman–Crippen LogP) is 5.04. The van der Waals surface area contributed by atoms with E-state index >= 15 is 0 Å². The summed E-state index contributed by atoms with van der Waals surface area (Å²) in [5, 5.41) is 20.6. The molecule has 2 N–H and O–H groups in total. The van der Waals surface area contributed by atoms with Crippen LogP contribution in [0.2, 0.25) is 0 Å². The van der Waals surface area contributed by atoms with Crippen molar-refractivity contribution in [3.8, 4) is 11.1 Å². The first-order valence-electron chi connectivity index (χ1n) is 11.8. The van der Waals surface area contributed by atoms with Crippen LogP contribution in [0.15, 0.2) is 60.7 Å². The molecular formula is C27H20F4N4O3. The Morgan fingerprint density at radius 3 is 2.34 bits per heavy atom. The molecule has 1 aromatic heterocycles. The summed E-state index contributed by atoms with van der Waals surface area (Å²) in [6, 6.07) is 13.8. The van der Waals surface area contributed by atoms with E-state index in [-0.39, 0.29) is 17.7 Å². The molecule has 3 fully saturated rings. The molecule has 0 saturated heterocycles. The number of carbonyl (C=O) groups excluding carboxylic acids is 1. The van der Waals surface area contributed by atoms with Gasteiger partial charge in [-0.1, -0.05) is 35.5 Å². The first-order valence-corrected chi connectivity index (χ1v) is 11.8. The summed E-state index contributed by atoms with van der Waals surface area (Å²) in [5.41, 5.74) is -0.200. The zero-order valence-corrected chi connectivity index (χ0v) is 19.7. The van der Waals surface area contributed by atoms with Crippen LogP contribution in [-0.4, -0.2) is 37.5 Å². The maximum atomic E-state index is 14.6. The Hall–Kier alpha value is -4.28. The Kier molecular flexibility index (Phi) is 5.14. The number of carbonyl (C=O) groups is 2. The third kappa shape index (κ3) is 3.80. The average molecular weight is 524 g/mol. The molecule has 3 aromatic carbocycles.